The summed E-state index contributed by atoms with van der Waals surface area (Å²) >= 11 is 0. The minimum Gasteiger partial charge on any atom is -0.302 e. The van der Waals surface area contributed by atoms with Gasteiger partial charge < -0.3 is 5.10 Å². The summed E-state index contributed by atoms with van der Waals surface area (Å²) < 4.78 is 0. The normalized spacial score (nSPS) is 10.5. The molecule has 0 fully saturated rings. The Hall–Kier alpha value is -1.84. The lowest BCUT2D eigenvalue weighted by molar-refractivity contribution is 0.900. The number of rotatable bonds is 3. The van der Waals surface area contributed by atoms with Gasteiger partial charge in [0.1, 0.15) is 0 Å². The highest BCUT2D eigenvalue weighted by atomic mass is 16.1. The van der Waals surface area contributed by atoms with Crippen molar-refractivity contribution in [2.45, 2.75) is 19.8 Å². The molecule has 0 bridgehead atoms. The van der Waals surface area contributed by atoms with Crippen molar-refractivity contribution in [1.82, 2.24) is 15.2 Å². The zero-order chi connectivity index (χ0) is 10.7. The zero-order valence-corrected chi connectivity index (χ0v) is 8.58. The molecule has 2 rings (SSSR count). The van der Waals surface area contributed by atoms with Crippen LogP contribution >= 0.6 is 0 Å². The molecule has 0 atom stereocenters. The number of hydrogen-bond acceptors (Lipinski definition) is 2. The van der Waals surface area contributed by atoms with Crippen LogP contribution in [0.25, 0.3) is 0 Å². The quantitative estimate of drug-likeness (QED) is 0.787. The number of hydrogen-bond donors (Lipinski definition) is 2. The Balaban J connectivity index is 2.09. The molecule has 4 heteroatoms. The number of pyridine rings is 1. The van der Waals surface area contributed by atoms with Gasteiger partial charge >= 0.3 is 0 Å². The maximum Gasteiger partial charge on any atom is 0.267 e. The van der Waals surface area contributed by atoms with Crippen LogP contribution in [0.5, 0.6) is 0 Å². The van der Waals surface area contributed by atoms with E-state index in [1.165, 1.54) is 0 Å². The standard InChI is InChI=1S/C11H13N3O/c1-8-10(11(15)14-13-8)6-5-9-4-2-3-7-12-9/h2-4,7H,5-6H2,1H3,(H2,13,14,15). The van der Waals surface area contributed by atoms with Gasteiger partial charge in [-0.3, -0.25) is 14.9 Å². The fourth-order valence-electron chi connectivity index (χ4n) is 1.57. The van der Waals surface area contributed by atoms with Crippen LogP contribution in [0.2, 0.25) is 0 Å². The van der Waals surface area contributed by atoms with Crippen molar-refractivity contribution in [3.8, 4) is 0 Å². The number of aromatic amines is 2. The van der Waals surface area contributed by atoms with Gasteiger partial charge in [0.25, 0.3) is 5.56 Å². The third-order valence-corrected chi connectivity index (χ3v) is 2.45. The van der Waals surface area contributed by atoms with E-state index in [-0.39, 0.29) is 5.56 Å². The Morgan fingerprint density at radius 1 is 1.27 bits per heavy atom. The van der Waals surface area contributed by atoms with Gasteiger partial charge in [0.05, 0.1) is 0 Å². The Morgan fingerprint density at radius 2 is 2.13 bits per heavy atom. The van der Waals surface area contributed by atoms with Crippen LogP contribution in [-0.4, -0.2) is 15.2 Å². The minimum atomic E-state index is -0.0246. The smallest absolute Gasteiger partial charge is 0.267 e. The first-order valence-corrected chi connectivity index (χ1v) is 4.93. The predicted octanol–water partition coefficient (Wildman–Crippen LogP) is 1.19. The number of nitrogens with one attached hydrogen (secondary N) is 2. The molecule has 2 heterocycles. The third kappa shape index (κ3) is 2.15. The van der Waals surface area contributed by atoms with Gasteiger partial charge in [0.2, 0.25) is 0 Å². The Morgan fingerprint density at radius 3 is 2.73 bits per heavy atom. The molecule has 0 radical (unpaired) electrons. The monoisotopic (exact) mass is 203 g/mol. The molecule has 78 valence electrons. The van der Waals surface area contributed by atoms with Crippen molar-refractivity contribution >= 4 is 0 Å². The van der Waals surface area contributed by atoms with Crippen molar-refractivity contribution in [1.29, 1.82) is 0 Å². The topological polar surface area (TPSA) is 61.5 Å². The van der Waals surface area contributed by atoms with Gasteiger partial charge in [0.15, 0.2) is 0 Å². The first kappa shape index (κ1) is 9.71. The van der Waals surface area contributed by atoms with E-state index in [0.717, 1.165) is 29.8 Å². The average molecular weight is 203 g/mol. The molecular weight excluding hydrogens is 190 g/mol. The van der Waals surface area contributed by atoms with E-state index in [1.54, 1.807) is 6.20 Å². The van der Waals surface area contributed by atoms with Crippen molar-refractivity contribution in [3.05, 3.63) is 51.7 Å². The van der Waals surface area contributed by atoms with Gasteiger partial charge in [-0.15, -0.1) is 0 Å². The highest BCUT2D eigenvalue weighted by Crippen LogP contribution is 2.03. The molecule has 0 spiro atoms. The first-order valence-electron chi connectivity index (χ1n) is 4.93. The van der Waals surface area contributed by atoms with Crippen LogP contribution in [0.1, 0.15) is 17.0 Å². The van der Waals surface area contributed by atoms with E-state index >= 15 is 0 Å². The van der Waals surface area contributed by atoms with Crippen LogP contribution in [0.3, 0.4) is 0 Å². The summed E-state index contributed by atoms with van der Waals surface area (Å²) in [6.07, 6.45) is 3.29. The van der Waals surface area contributed by atoms with E-state index in [9.17, 15) is 4.79 Å². The summed E-state index contributed by atoms with van der Waals surface area (Å²) in [5, 5.41) is 5.39. The van der Waals surface area contributed by atoms with E-state index in [4.69, 9.17) is 0 Å². The number of aromatic nitrogens is 3. The van der Waals surface area contributed by atoms with Crippen molar-refractivity contribution in [2.75, 3.05) is 0 Å². The predicted molar refractivity (Wildman–Crippen MR) is 57.8 cm³/mol. The van der Waals surface area contributed by atoms with Crippen LogP contribution < -0.4 is 5.56 Å². The molecule has 0 aliphatic heterocycles. The lowest BCUT2D eigenvalue weighted by Gasteiger charge is -1.98. The molecule has 2 aromatic rings. The lowest BCUT2D eigenvalue weighted by Crippen LogP contribution is -2.07. The molecule has 0 saturated heterocycles. The van der Waals surface area contributed by atoms with E-state index < -0.39 is 0 Å². The molecule has 0 unspecified atom stereocenters. The van der Waals surface area contributed by atoms with Gasteiger partial charge in [-0.05, 0) is 31.9 Å². The molecule has 0 aliphatic carbocycles. The van der Waals surface area contributed by atoms with Crippen LogP contribution in [0.15, 0.2) is 29.2 Å². The molecule has 2 aromatic heterocycles. The Bertz CT molecular complexity index is 484. The highest BCUT2D eigenvalue weighted by molar-refractivity contribution is 5.16. The van der Waals surface area contributed by atoms with Crippen LogP contribution in [-0.2, 0) is 12.8 Å². The second kappa shape index (κ2) is 4.13. The molecule has 15 heavy (non-hydrogen) atoms. The number of nitrogens with zero attached hydrogens (tertiary/aromatic N) is 1. The van der Waals surface area contributed by atoms with Crippen molar-refractivity contribution in [2.24, 2.45) is 0 Å². The van der Waals surface area contributed by atoms with Crippen molar-refractivity contribution in [3.63, 3.8) is 0 Å². The summed E-state index contributed by atoms with van der Waals surface area (Å²) in [5.74, 6) is 0. The summed E-state index contributed by atoms with van der Waals surface area (Å²) in [6, 6.07) is 5.81. The number of aryl methyl sites for hydroxylation is 2. The van der Waals surface area contributed by atoms with Gasteiger partial charge in [0, 0.05) is 23.1 Å². The van der Waals surface area contributed by atoms with E-state index in [0.29, 0.717) is 0 Å². The third-order valence-electron chi connectivity index (χ3n) is 2.45. The molecule has 2 N–H and O–H groups in total. The molecule has 0 aliphatic rings. The minimum absolute atomic E-state index is 0.0246. The van der Waals surface area contributed by atoms with E-state index in [1.807, 2.05) is 25.1 Å². The van der Waals surface area contributed by atoms with Gasteiger partial charge in [-0.2, -0.15) is 0 Å². The van der Waals surface area contributed by atoms with Crippen LogP contribution in [0.4, 0.5) is 0 Å². The summed E-state index contributed by atoms with van der Waals surface area (Å²) in [7, 11) is 0. The van der Waals surface area contributed by atoms with Gasteiger partial charge in [-0.1, -0.05) is 6.07 Å². The second-order valence-electron chi connectivity index (χ2n) is 3.50. The Kier molecular flexibility index (Phi) is 2.67. The van der Waals surface area contributed by atoms with Crippen molar-refractivity contribution < 1.29 is 0 Å². The SMILES string of the molecule is Cc1[nH][nH]c(=O)c1CCc1ccccn1. The number of H-pyrrole nitrogens is 2. The maximum atomic E-state index is 11.4. The lowest BCUT2D eigenvalue weighted by atomic mass is 10.1. The molecule has 4 nitrogen and oxygen atoms in total. The summed E-state index contributed by atoms with van der Waals surface area (Å²) in [4.78, 5) is 15.6. The average Bonchev–Trinajstić information content (AvgIpc) is 2.58. The summed E-state index contributed by atoms with van der Waals surface area (Å²) in [5.41, 5.74) is 2.72. The molecule has 0 amide bonds. The molecular formula is C11H13N3O. The first-order chi connectivity index (χ1) is 7.27. The molecule has 0 saturated carbocycles. The summed E-state index contributed by atoms with van der Waals surface area (Å²) in [6.45, 7) is 1.89. The fraction of sp³-hybridized carbons (Fsp3) is 0.273. The molecule has 0 aromatic carbocycles. The van der Waals surface area contributed by atoms with Crippen LogP contribution in [0, 0.1) is 6.92 Å². The zero-order valence-electron chi connectivity index (χ0n) is 8.58. The second-order valence-corrected chi connectivity index (χ2v) is 3.50. The maximum absolute atomic E-state index is 11.4. The van der Waals surface area contributed by atoms with E-state index in [2.05, 4.69) is 15.2 Å². The Labute approximate surface area is 87.4 Å². The van der Waals surface area contributed by atoms with Gasteiger partial charge in [-0.25, -0.2) is 0 Å². The fourth-order valence-corrected chi connectivity index (χ4v) is 1.57. The largest absolute Gasteiger partial charge is 0.302 e. The highest BCUT2D eigenvalue weighted by Gasteiger charge is 2.05.